The molecule has 4 N–H and O–H groups in total. The van der Waals surface area contributed by atoms with Gasteiger partial charge in [0, 0.05) is 20.3 Å². The van der Waals surface area contributed by atoms with E-state index in [0.29, 0.717) is 11.5 Å². The lowest BCUT2D eigenvalue weighted by molar-refractivity contribution is -0.119. The Morgan fingerprint density at radius 3 is 2.60 bits per heavy atom. The van der Waals surface area contributed by atoms with Crippen molar-refractivity contribution in [3.8, 4) is 11.5 Å². The smallest absolute Gasteiger partial charge is 0.405 e. The van der Waals surface area contributed by atoms with Gasteiger partial charge in [-0.2, -0.15) is 0 Å². The number of nitrogens with two attached hydrogens (primary N) is 1. The van der Waals surface area contributed by atoms with Gasteiger partial charge in [0.05, 0.1) is 0 Å². The van der Waals surface area contributed by atoms with E-state index in [1.807, 2.05) is 0 Å². The minimum Gasteiger partial charge on any atom is -0.465 e. The molecule has 108 valence electrons. The van der Waals surface area contributed by atoms with Crippen molar-refractivity contribution in [1.82, 2.24) is 5.32 Å². The van der Waals surface area contributed by atoms with Crippen LogP contribution < -0.4 is 20.5 Å². The average molecular weight is 280 g/mol. The molecule has 2 amide bonds. The Hall–Kier alpha value is -2.44. The Kier molecular flexibility index (Phi) is 3.44. The van der Waals surface area contributed by atoms with Crippen molar-refractivity contribution >= 4 is 12.0 Å². The van der Waals surface area contributed by atoms with Crippen molar-refractivity contribution in [2.24, 2.45) is 5.73 Å². The summed E-state index contributed by atoms with van der Waals surface area (Å²) in [5, 5.41) is 10.8. The zero-order chi connectivity index (χ0) is 14.9. The molecule has 1 aliphatic rings. The van der Waals surface area contributed by atoms with Crippen molar-refractivity contribution < 1.29 is 24.2 Å². The lowest BCUT2D eigenvalue weighted by atomic mass is 10.1. The molecule has 20 heavy (non-hydrogen) atoms. The van der Waals surface area contributed by atoms with Crippen LogP contribution in [-0.4, -0.2) is 28.9 Å². The van der Waals surface area contributed by atoms with Crippen LogP contribution in [0.5, 0.6) is 11.5 Å². The molecule has 0 saturated carbocycles. The SMILES string of the molecule is CC1(C)Oc2ccc(C[C@H](NC(=O)O)C(N)=O)cc2O1. The summed E-state index contributed by atoms with van der Waals surface area (Å²) in [5.41, 5.74) is 5.89. The van der Waals surface area contributed by atoms with E-state index >= 15 is 0 Å². The van der Waals surface area contributed by atoms with E-state index in [1.54, 1.807) is 32.0 Å². The summed E-state index contributed by atoms with van der Waals surface area (Å²) in [4.78, 5) is 21.8. The van der Waals surface area contributed by atoms with Gasteiger partial charge in [0.15, 0.2) is 11.5 Å². The predicted molar refractivity (Wildman–Crippen MR) is 69.6 cm³/mol. The highest BCUT2D eigenvalue weighted by Gasteiger charge is 2.31. The third-order valence-electron chi connectivity index (χ3n) is 2.80. The van der Waals surface area contributed by atoms with Crippen molar-refractivity contribution in [2.75, 3.05) is 0 Å². The molecular weight excluding hydrogens is 264 g/mol. The van der Waals surface area contributed by atoms with Crippen LogP contribution in [0.25, 0.3) is 0 Å². The van der Waals surface area contributed by atoms with Crippen molar-refractivity contribution in [2.45, 2.75) is 32.1 Å². The molecule has 7 heteroatoms. The summed E-state index contributed by atoms with van der Waals surface area (Å²) in [7, 11) is 0. The molecule has 0 aliphatic carbocycles. The first-order valence-corrected chi connectivity index (χ1v) is 6.06. The number of primary amides is 1. The highest BCUT2D eigenvalue weighted by Crippen LogP contribution is 2.39. The number of hydrogen-bond donors (Lipinski definition) is 3. The van der Waals surface area contributed by atoms with E-state index in [0.717, 1.165) is 5.56 Å². The van der Waals surface area contributed by atoms with Crippen LogP contribution in [0, 0.1) is 0 Å². The number of hydrogen-bond acceptors (Lipinski definition) is 4. The van der Waals surface area contributed by atoms with Crippen molar-refractivity contribution in [1.29, 1.82) is 0 Å². The molecule has 0 unspecified atom stereocenters. The molecule has 0 radical (unpaired) electrons. The summed E-state index contributed by atoms with van der Waals surface area (Å²) in [5.74, 6) is -0.291. The minimum atomic E-state index is -1.30. The molecule has 1 aromatic carbocycles. The van der Waals surface area contributed by atoms with Gasteiger partial charge in [-0.3, -0.25) is 4.79 Å². The molecule has 0 saturated heterocycles. The molecule has 0 bridgehead atoms. The Morgan fingerprint density at radius 2 is 2.00 bits per heavy atom. The molecule has 1 aliphatic heterocycles. The number of benzene rings is 1. The number of ether oxygens (including phenoxy) is 2. The summed E-state index contributed by atoms with van der Waals surface area (Å²) in [6, 6.07) is 4.19. The second-order valence-electron chi connectivity index (χ2n) is 4.99. The predicted octanol–water partition coefficient (Wildman–Crippen LogP) is 0.858. The molecular formula is C13H16N2O5. The second kappa shape index (κ2) is 4.92. The summed E-state index contributed by atoms with van der Waals surface area (Å²) in [6.45, 7) is 3.57. The van der Waals surface area contributed by atoms with Gasteiger partial charge in [-0.05, 0) is 17.7 Å². The monoisotopic (exact) mass is 280 g/mol. The van der Waals surface area contributed by atoms with Gasteiger partial charge in [-0.25, -0.2) is 4.79 Å². The number of carboxylic acid groups (broad SMARTS) is 1. The molecule has 0 fully saturated rings. The number of fused-ring (bicyclic) bond motifs is 1. The molecule has 1 heterocycles. The average Bonchev–Trinajstić information content (AvgIpc) is 2.60. The molecule has 0 spiro atoms. The summed E-state index contributed by atoms with van der Waals surface area (Å²) < 4.78 is 11.1. The van der Waals surface area contributed by atoms with Crippen LogP contribution in [-0.2, 0) is 11.2 Å². The third kappa shape index (κ3) is 3.11. The largest absolute Gasteiger partial charge is 0.465 e. The number of amides is 2. The Morgan fingerprint density at radius 1 is 1.35 bits per heavy atom. The van der Waals surface area contributed by atoms with Crippen molar-refractivity contribution in [3.05, 3.63) is 23.8 Å². The number of carbonyl (C=O) groups is 2. The topological polar surface area (TPSA) is 111 Å². The van der Waals surface area contributed by atoms with Gasteiger partial charge in [-0.15, -0.1) is 0 Å². The molecule has 2 rings (SSSR count). The number of carbonyl (C=O) groups excluding carboxylic acids is 1. The minimum absolute atomic E-state index is 0.151. The third-order valence-corrected chi connectivity index (χ3v) is 2.80. The fourth-order valence-corrected chi connectivity index (χ4v) is 2.00. The molecule has 7 nitrogen and oxygen atoms in total. The van der Waals surface area contributed by atoms with Crippen LogP contribution in [0.4, 0.5) is 4.79 Å². The van der Waals surface area contributed by atoms with Gasteiger partial charge in [-0.1, -0.05) is 6.07 Å². The first-order chi connectivity index (χ1) is 9.27. The second-order valence-corrected chi connectivity index (χ2v) is 4.99. The van der Waals surface area contributed by atoms with Gasteiger partial charge in [0.1, 0.15) is 6.04 Å². The maximum Gasteiger partial charge on any atom is 0.405 e. The fourth-order valence-electron chi connectivity index (χ4n) is 2.00. The maximum atomic E-state index is 11.2. The van der Waals surface area contributed by atoms with E-state index < -0.39 is 23.8 Å². The molecule has 0 aromatic heterocycles. The van der Waals surface area contributed by atoms with Gasteiger partial charge in [0.25, 0.3) is 0 Å². The van der Waals surface area contributed by atoms with E-state index in [4.69, 9.17) is 20.3 Å². The van der Waals surface area contributed by atoms with Crippen LogP contribution in [0.1, 0.15) is 19.4 Å². The zero-order valence-electron chi connectivity index (χ0n) is 11.2. The number of rotatable bonds is 4. The lowest BCUT2D eigenvalue weighted by Gasteiger charge is -2.16. The quantitative estimate of drug-likeness (QED) is 0.757. The van der Waals surface area contributed by atoms with Crippen LogP contribution >= 0.6 is 0 Å². The fraction of sp³-hybridized carbons (Fsp3) is 0.385. The Bertz CT molecular complexity index is 556. The summed E-state index contributed by atoms with van der Waals surface area (Å²) >= 11 is 0. The van der Waals surface area contributed by atoms with E-state index in [2.05, 4.69) is 5.32 Å². The van der Waals surface area contributed by atoms with Gasteiger partial charge in [0.2, 0.25) is 11.7 Å². The Labute approximate surface area is 115 Å². The zero-order valence-corrected chi connectivity index (χ0v) is 11.2. The van der Waals surface area contributed by atoms with Crippen molar-refractivity contribution in [3.63, 3.8) is 0 Å². The normalized spacial score (nSPS) is 16.5. The van der Waals surface area contributed by atoms with E-state index in [-0.39, 0.29) is 6.42 Å². The van der Waals surface area contributed by atoms with E-state index in [1.165, 1.54) is 0 Å². The number of nitrogens with one attached hydrogen (secondary N) is 1. The first-order valence-electron chi connectivity index (χ1n) is 6.06. The molecule has 1 aromatic rings. The standard InChI is InChI=1S/C13H16N2O5/c1-13(2)19-9-4-3-7(6-10(9)20-13)5-8(11(14)16)15-12(17)18/h3-4,6,8,15H,5H2,1-2H3,(H2,14,16)(H,17,18)/t8-/m0/s1. The van der Waals surface area contributed by atoms with E-state index in [9.17, 15) is 9.59 Å². The van der Waals surface area contributed by atoms with Crippen LogP contribution in [0.15, 0.2) is 18.2 Å². The van der Waals surface area contributed by atoms with Gasteiger partial charge < -0.3 is 25.6 Å². The highest BCUT2D eigenvalue weighted by molar-refractivity contribution is 5.84. The highest BCUT2D eigenvalue weighted by atomic mass is 16.7. The lowest BCUT2D eigenvalue weighted by Crippen LogP contribution is -2.45. The molecule has 1 atom stereocenters. The first kappa shape index (κ1) is 14.0. The maximum absolute atomic E-state index is 11.2. The summed E-state index contributed by atoms with van der Waals surface area (Å²) in [6.07, 6.45) is -1.14. The van der Waals surface area contributed by atoms with Crippen LogP contribution in [0.3, 0.4) is 0 Å². The van der Waals surface area contributed by atoms with Crippen LogP contribution in [0.2, 0.25) is 0 Å². The Balaban J connectivity index is 2.15. The van der Waals surface area contributed by atoms with Gasteiger partial charge >= 0.3 is 6.09 Å².